The zero-order valence-electron chi connectivity index (χ0n) is 9.49. The molecule has 1 rings (SSSR count). The van der Waals surface area contributed by atoms with Crippen LogP contribution in [0.5, 0.6) is 0 Å². The Morgan fingerprint density at radius 3 is 2.81 bits per heavy atom. The number of methoxy groups -OCH3 is 1. The van der Waals surface area contributed by atoms with Crippen molar-refractivity contribution in [2.75, 3.05) is 12.4 Å². The summed E-state index contributed by atoms with van der Waals surface area (Å²) in [6.45, 7) is 5.68. The molecule has 0 radical (unpaired) electrons. The predicted octanol–water partition coefficient (Wildman–Crippen LogP) is 3.54. The second-order valence-electron chi connectivity index (χ2n) is 3.13. The average molecular weight is 217 g/mol. The predicted molar refractivity (Wildman–Crippen MR) is 67.3 cm³/mol. The molecule has 0 aromatic heterocycles. The van der Waals surface area contributed by atoms with Gasteiger partial charge in [-0.25, -0.2) is 4.79 Å². The van der Waals surface area contributed by atoms with Gasteiger partial charge in [-0.3, -0.25) is 5.32 Å². The van der Waals surface area contributed by atoms with E-state index in [0.717, 1.165) is 11.1 Å². The number of carbonyl (C=O) groups is 1. The van der Waals surface area contributed by atoms with Gasteiger partial charge >= 0.3 is 6.09 Å². The molecule has 0 atom stereocenters. The van der Waals surface area contributed by atoms with Gasteiger partial charge in [-0.1, -0.05) is 36.9 Å². The van der Waals surface area contributed by atoms with Crippen molar-refractivity contribution in [1.29, 1.82) is 0 Å². The molecule has 0 saturated carbocycles. The highest BCUT2D eigenvalue weighted by atomic mass is 16.5. The van der Waals surface area contributed by atoms with Crippen LogP contribution in [-0.4, -0.2) is 13.2 Å². The molecule has 0 spiro atoms. The minimum atomic E-state index is -0.485. The van der Waals surface area contributed by atoms with Crippen LogP contribution in [0.2, 0.25) is 0 Å². The molecule has 1 aromatic rings. The van der Waals surface area contributed by atoms with E-state index in [2.05, 4.69) is 16.6 Å². The Balaban J connectivity index is 3.13. The number of nitrogens with one attached hydrogen (secondary N) is 1. The molecule has 0 bridgehead atoms. The average Bonchev–Trinajstić information content (AvgIpc) is 2.29. The first-order valence-electron chi connectivity index (χ1n) is 4.96. The molecule has 16 heavy (non-hydrogen) atoms. The maximum Gasteiger partial charge on any atom is 0.411 e. The molecule has 0 fully saturated rings. The van der Waals surface area contributed by atoms with Crippen molar-refractivity contribution >= 4 is 23.9 Å². The van der Waals surface area contributed by atoms with E-state index in [1.165, 1.54) is 7.11 Å². The summed E-state index contributed by atoms with van der Waals surface area (Å²) < 4.78 is 4.55. The summed E-state index contributed by atoms with van der Waals surface area (Å²) in [7, 11) is 1.33. The fraction of sp³-hybridized carbons (Fsp3) is 0.154. The second kappa shape index (κ2) is 5.75. The molecule has 0 unspecified atom stereocenters. The molecule has 0 aliphatic carbocycles. The Morgan fingerprint density at radius 2 is 2.25 bits per heavy atom. The lowest BCUT2D eigenvalue weighted by atomic mass is 10.0. The molecule has 0 aliphatic rings. The minimum absolute atomic E-state index is 0.485. The fourth-order valence-electron chi connectivity index (χ4n) is 1.41. The Labute approximate surface area is 95.4 Å². The van der Waals surface area contributed by atoms with E-state index < -0.39 is 6.09 Å². The van der Waals surface area contributed by atoms with Crippen LogP contribution in [0.15, 0.2) is 30.9 Å². The highest BCUT2D eigenvalue weighted by Crippen LogP contribution is 2.22. The van der Waals surface area contributed by atoms with Crippen LogP contribution in [0.25, 0.3) is 12.2 Å². The summed E-state index contributed by atoms with van der Waals surface area (Å²) in [6, 6.07) is 5.63. The van der Waals surface area contributed by atoms with Crippen molar-refractivity contribution in [3.8, 4) is 0 Å². The first-order chi connectivity index (χ1) is 7.72. The molecular formula is C13H15NO2. The Hall–Kier alpha value is -2.03. The second-order valence-corrected chi connectivity index (χ2v) is 3.13. The van der Waals surface area contributed by atoms with E-state index in [9.17, 15) is 4.79 Å². The number of hydrogen-bond acceptors (Lipinski definition) is 2. The number of hydrogen-bond donors (Lipinski definition) is 1. The zero-order valence-corrected chi connectivity index (χ0v) is 9.49. The molecule has 1 N–H and O–H groups in total. The van der Waals surface area contributed by atoms with E-state index in [1.54, 1.807) is 12.1 Å². The minimum Gasteiger partial charge on any atom is -0.453 e. The number of anilines is 1. The normalized spacial score (nSPS) is 10.1. The van der Waals surface area contributed by atoms with Crippen LogP contribution in [0.1, 0.15) is 18.1 Å². The van der Waals surface area contributed by atoms with Crippen molar-refractivity contribution in [3.05, 3.63) is 42.0 Å². The number of rotatable bonds is 3. The lowest BCUT2D eigenvalue weighted by Gasteiger charge is -2.09. The first-order valence-corrected chi connectivity index (χ1v) is 4.96. The van der Waals surface area contributed by atoms with E-state index in [1.807, 2.05) is 31.2 Å². The molecule has 0 heterocycles. The smallest absolute Gasteiger partial charge is 0.411 e. The third-order valence-electron chi connectivity index (χ3n) is 2.11. The van der Waals surface area contributed by atoms with Gasteiger partial charge in [-0.2, -0.15) is 0 Å². The molecule has 1 aromatic carbocycles. The van der Waals surface area contributed by atoms with Gasteiger partial charge in [0.1, 0.15) is 0 Å². The monoisotopic (exact) mass is 217 g/mol. The summed E-state index contributed by atoms with van der Waals surface area (Å²) in [5.74, 6) is 0. The number of benzene rings is 1. The lowest BCUT2D eigenvalue weighted by molar-refractivity contribution is 0.187. The van der Waals surface area contributed by atoms with E-state index in [0.29, 0.717) is 5.69 Å². The van der Waals surface area contributed by atoms with E-state index >= 15 is 0 Å². The maximum absolute atomic E-state index is 11.1. The summed E-state index contributed by atoms with van der Waals surface area (Å²) in [6.07, 6.45) is 5.12. The summed E-state index contributed by atoms with van der Waals surface area (Å²) >= 11 is 0. The Morgan fingerprint density at radius 1 is 1.50 bits per heavy atom. The van der Waals surface area contributed by atoms with Gasteiger partial charge in [0.2, 0.25) is 0 Å². The highest BCUT2D eigenvalue weighted by Gasteiger charge is 2.06. The molecular weight excluding hydrogens is 202 g/mol. The van der Waals surface area contributed by atoms with Crippen molar-refractivity contribution in [2.45, 2.75) is 6.92 Å². The van der Waals surface area contributed by atoms with Crippen molar-refractivity contribution in [3.63, 3.8) is 0 Å². The van der Waals surface area contributed by atoms with Gasteiger partial charge in [0, 0.05) is 5.56 Å². The molecule has 1 amide bonds. The Kier molecular flexibility index (Phi) is 4.33. The van der Waals surface area contributed by atoms with Crippen molar-refractivity contribution in [1.82, 2.24) is 0 Å². The van der Waals surface area contributed by atoms with Gasteiger partial charge in [0.05, 0.1) is 12.8 Å². The molecule has 0 saturated heterocycles. The largest absolute Gasteiger partial charge is 0.453 e. The van der Waals surface area contributed by atoms with E-state index in [4.69, 9.17) is 0 Å². The highest BCUT2D eigenvalue weighted by molar-refractivity contribution is 5.89. The van der Waals surface area contributed by atoms with Gasteiger partial charge in [-0.15, -0.1) is 0 Å². The molecule has 84 valence electrons. The number of ether oxygens (including phenoxy) is 1. The van der Waals surface area contributed by atoms with Gasteiger partial charge in [0.25, 0.3) is 0 Å². The van der Waals surface area contributed by atoms with Gasteiger partial charge in [0.15, 0.2) is 0 Å². The number of carbonyl (C=O) groups excluding carboxylic acids is 1. The van der Waals surface area contributed by atoms with Crippen molar-refractivity contribution in [2.24, 2.45) is 0 Å². The quantitative estimate of drug-likeness (QED) is 0.840. The molecule has 3 heteroatoms. The number of allylic oxidation sites excluding steroid dienone is 1. The maximum atomic E-state index is 11.1. The lowest BCUT2D eigenvalue weighted by Crippen LogP contribution is -2.12. The van der Waals surface area contributed by atoms with Crippen LogP contribution in [-0.2, 0) is 4.74 Å². The third kappa shape index (κ3) is 2.73. The molecule has 3 nitrogen and oxygen atoms in total. The van der Waals surface area contributed by atoms with Gasteiger partial charge < -0.3 is 4.74 Å². The SMILES string of the molecule is C=Cc1c(/C=C\C)cccc1NC(=O)OC. The van der Waals surface area contributed by atoms with E-state index in [-0.39, 0.29) is 0 Å². The summed E-state index contributed by atoms with van der Waals surface area (Å²) in [5.41, 5.74) is 2.58. The standard InChI is InChI=1S/C13H15NO2/c1-4-7-10-8-6-9-12(11(10)5-2)14-13(15)16-3/h4-9H,2H2,1,3H3,(H,14,15)/b7-4-. The summed E-state index contributed by atoms with van der Waals surface area (Å²) in [5, 5.41) is 2.64. The first kappa shape index (κ1) is 12.0. The van der Waals surface area contributed by atoms with Crippen LogP contribution in [0.3, 0.4) is 0 Å². The fourth-order valence-corrected chi connectivity index (χ4v) is 1.41. The topological polar surface area (TPSA) is 38.3 Å². The summed E-state index contributed by atoms with van der Waals surface area (Å²) in [4.78, 5) is 11.1. The molecule has 0 aliphatic heterocycles. The number of amides is 1. The Bertz CT molecular complexity index is 422. The van der Waals surface area contributed by atoms with Crippen LogP contribution >= 0.6 is 0 Å². The zero-order chi connectivity index (χ0) is 12.0. The van der Waals surface area contributed by atoms with Gasteiger partial charge in [-0.05, 0) is 18.6 Å². The van der Waals surface area contributed by atoms with Crippen LogP contribution < -0.4 is 5.32 Å². The third-order valence-corrected chi connectivity index (χ3v) is 2.11. The van der Waals surface area contributed by atoms with Crippen LogP contribution in [0, 0.1) is 0 Å². The van der Waals surface area contributed by atoms with Crippen molar-refractivity contribution < 1.29 is 9.53 Å². The van der Waals surface area contributed by atoms with Crippen LogP contribution in [0.4, 0.5) is 10.5 Å².